The first kappa shape index (κ1) is 15.9. The van der Waals surface area contributed by atoms with E-state index in [0.29, 0.717) is 25.0 Å². The van der Waals surface area contributed by atoms with Gasteiger partial charge in [0.2, 0.25) is 6.29 Å². The minimum atomic E-state index is -0.575. The average Bonchev–Trinajstić information content (AvgIpc) is 2.48. The molecule has 1 fully saturated rings. The fraction of sp³-hybridized carbons (Fsp3) is 0.533. The van der Waals surface area contributed by atoms with Gasteiger partial charge in [0.25, 0.3) is 0 Å². The Morgan fingerprint density at radius 3 is 2.71 bits per heavy atom. The number of aliphatic hydroxyl groups excluding tert-OH is 2. The molecule has 0 amide bonds. The van der Waals surface area contributed by atoms with E-state index in [1.165, 1.54) is 0 Å². The van der Waals surface area contributed by atoms with Crippen LogP contribution in [-0.4, -0.2) is 47.6 Å². The summed E-state index contributed by atoms with van der Waals surface area (Å²) in [6, 6.07) is 6.71. The Morgan fingerprint density at radius 1 is 1.38 bits per heavy atom. The van der Waals surface area contributed by atoms with Crippen molar-refractivity contribution in [2.24, 2.45) is 5.73 Å². The van der Waals surface area contributed by atoms with Crippen molar-refractivity contribution in [1.82, 2.24) is 0 Å². The van der Waals surface area contributed by atoms with Crippen LogP contribution in [0.5, 0.6) is 5.75 Å². The van der Waals surface area contributed by atoms with E-state index in [1.807, 2.05) is 12.1 Å². The van der Waals surface area contributed by atoms with E-state index >= 15 is 0 Å². The van der Waals surface area contributed by atoms with Crippen molar-refractivity contribution in [3.05, 3.63) is 29.8 Å². The van der Waals surface area contributed by atoms with Gasteiger partial charge in [-0.3, -0.25) is 0 Å². The Bertz CT molecular complexity index is 450. The SMILES string of the molecule is N[C@H](C=O)Cc1ccc(O[C@H]2C[C@@H](O)C[C@@H](CO)O2)cc1. The van der Waals surface area contributed by atoms with E-state index in [0.717, 1.165) is 11.8 Å². The molecule has 2 rings (SSSR count). The van der Waals surface area contributed by atoms with Crippen LogP contribution in [0.3, 0.4) is 0 Å². The Balaban J connectivity index is 1.92. The molecule has 1 heterocycles. The summed E-state index contributed by atoms with van der Waals surface area (Å²) >= 11 is 0. The van der Waals surface area contributed by atoms with Gasteiger partial charge in [0, 0.05) is 12.8 Å². The third-order valence-electron chi connectivity index (χ3n) is 3.38. The van der Waals surface area contributed by atoms with Crippen LogP contribution in [0.15, 0.2) is 24.3 Å². The van der Waals surface area contributed by atoms with Crippen molar-refractivity contribution in [3.63, 3.8) is 0 Å². The highest BCUT2D eigenvalue weighted by Gasteiger charge is 2.29. The molecule has 116 valence electrons. The molecular weight excluding hydrogens is 274 g/mol. The summed E-state index contributed by atoms with van der Waals surface area (Å²) in [7, 11) is 0. The second-order valence-corrected chi connectivity index (χ2v) is 5.26. The van der Waals surface area contributed by atoms with Gasteiger partial charge < -0.3 is 30.2 Å². The number of aldehydes is 1. The van der Waals surface area contributed by atoms with Gasteiger partial charge in [-0.05, 0) is 24.1 Å². The fourth-order valence-electron chi connectivity index (χ4n) is 2.32. The van der Waals surface area contributed by atoms with Gasteiger partial charge in [0.1, 0.15) is 12.0 Å². The van der Waals surface area contributed by atoms with E-state index in [4.69, 9.17) is 20.3 Å². The number of hydrogen-bond acceptors (Lipinski definition) is 6. The van der Waals surface area contributed by atoms with Gasteiger partial charge in [0.05, 0.1) is 24.9 Å². The molecule has 0 unspecified atom stereocenters. The largest absolute Gasteiger partial charge is 0.465 e. The predicted molar refractivity (Wildman–Crippen MR) is 75.8 cm³/mol. The highest BCUT2D eigenvalue weighted by Crippen LogP contribution is 2.23. The van der Waals surface area contributed by atoms with Gasteiger partial charge in [-0.2, -0.15) is 0 Å². The zero-order chi connectivity index (χ0) is 15.2. The molecule has 4 atom stereocenters. The molecule has 0 saturated carbocycles. The summed E-state index contributed by atoms with van der Waals surface area (Å²) in [5.41, 5.74) is 6.51. The van der Waals surface area contributed by atoms with Crippen molar-refractivity contribution in [2.45, 2.75) is 43.8 Å². The van der Waals surface area contributed by atoms with Crippen LogP contribution in [-0.2, 0) is 16.0 Å². The van der Waals surface area contributed by atoms with Crippen LogP contribution < -0.4 is 10.5 Å². The molecule has 21 heavy (non-hydrogen) atoms. The molecule has 1 aliphatic rings. The van der Waals surface area contributed by atoms with Crippen molar-refractivity contribution < 1.29 is 24.5 Å². The Labute approximate surface area is 123 Å². The van der Waals surface area contributed by atoms with Crippen LogP contribution in [0, 0.1) is 0 Å². The number of benzene rings is 1. The van der Waals surface area contributed by atoms with E-state index in [-0.39, 0.29) is 6.61 Å². The zero-order valence-corrected chi connectivity index (χ0v) is 11.7. The van der Waals surface area contributed by atoms with E-state index in [1.54, 1.807) is 12.1 Å². The van der Waals surface area contributed by atoms with Crippen LogP contribution in [0.1, 0.15) is 18.4 Å². The lowest BCUT2D eigenvalue weighted by atomic mass is 10.1. The lowest BCUT2D eigenvalue weighted by Gasteiger charge is -2.32. The first-order chi connectivity index (χ1) is 10.1. The van der Waals surface area contributed by atoms with Gasteiger partial charge in [-0.1, -0.05) is 12.1 Å². The van der Waals surface area contributed by atoms with E-state index in [2.05, 4.69) is 0 Å². The Kier molecular flexibility index (Phi) is 5.69. The Hall–Kier alpha value is -1.47. The highest BCUT2D eigenvalue weighted by atomic mass is 16.7. The molecule has 0 aliphatic carbocycles. The third kappa shape index (κ3) is 4.78. The van der Waals surface area contributed by atoms with Crippen molar-refractivity contribution in [2.75, 3.05) is 6.61 Å². The summed E-state index contributed by atoms with van der Waals surface area (Å²) in [6.45, 7) is -0.139. The smallest absolute Gasteiger partial charge is 0.202 e. The van der Waals surface area contributed by atoms with Crippen molar-refractivity contribution in [1.29, 1.82) is 0 Å². The molecule has 0 spiro atoms. The maximum absolute atomic E-state index is 10.5. The van der Waals surface area contributed by atoms with Gasteiger partial charge in [0.15, 0.2) is 0 Å². The lowest BCUT2D eigenvalue weighted by molar-refractivity contribution is -0.184. The normalized spacial score (nSPS) is 27.1. The van der Waals surface area contributed by atoms with Crippen LogP contribution in [0.2, 0.25) is 0 Å². The molecule has 1 aliphatic heterocycles. The maximum atomic E-state index is 10.5. The number of aliphatic hydroxyl groups is 2. The maximum Gasteiger partial charge on any atom is 0.202 e. The third-order valence-corrected chi connectivity index (χ3v) is 3.38. The van der Waals surface area contributed by atoms with Gasteiger partial charge in [-0.25, -0.2) is 0 Å². The fourth-order valence-corrected chi connectivity index (χ4v) is 2.32. The van der Waals surface area contributed by atoms with Crippen LogP contribution >= 0.6 is 0 Å². The Morgan fingerprint density at radius 2 is 2.10 bits per heavy atom. The summed E-state index contributed by atoms with van der Waals surface area (Å²) in [5.74, 6) is 0.606. The van der Waals surface area contributed by atoms with Crippen molar-refractivity contribution in [3.8, 4) is 5.75 Å². The molecule has 0 radical (unpaired) electrons. The average molecular weight is 295 g/mol. The first-order valence-corrected chi connectivity index (χ1v) is 7.01. The standard InChI is InChI=1S/C15H21NO5/c16-11(8-17)5-10-1-3-13(4-2-10)20-15-7-12(19)6-14(9-18)21-15/h1-4,8,11-12,14-15,18-19H,5-7,9,16H2/t11-,12-,14-,15+/m0/s1. The first-order valence-electron chi connectivity index (χ1n) is 7.01. The molecule has 0 bridgehead atoms. The molecule has 6 heteroatoms. The summed E-state index contributed by atoms with van der Waals surface area (Å²) in [5, 5.41) is 18.8. The summed E-state index contributed by atoms with van der Waals surface area (Å²) < 4.78 is 11.2. The topological polar surface area (TPSA) is 102 Å². The second-order valence-electron chi connectivity index (χ2n) is 5.26. The lowest BCUT2D eigenvalue weighted by Crippen LogP contribution is -2.40. The second kappa shape index (κ2) is 7.51. The molecule has 1 saturated heterocycles. The summed E-state index contributed by atoms with van der Waals surface area (Å²) in [4.78, 5) is 10.5. The molecule has 1 aromatic carbocycles. The minimum Gasteiger partial charge on any atom is -0.465 e. The predicted octanol–water partition coefficient (Wildman–Crippen LogP) is -0.00760. The number of hydrogen-bond donors (Lipinski definition) is 3. The molecular formula is C15H21NO5. The summed E-state index contributed by atoms with van der Waals surface area (Å²) in [6.07, 6.45) is 0.474. The zero-order valence-electron chi connectivity index (χ0n) is 11.7. The molecule has 6 nitrogen and oxygen atoms in total. The number of carbonyl (C=O) groups excluding carboxylic acids is 1. The quantitative estimate of drug-likeness (QED) is 0.638. The van der Waals surface area contributed by atoms with Crippen LogP contribution in [0.25, 0.3) is 0 Å². The van der Waals surface area contributed by atoms with Crippen LogP contribution in [0.4, 0.5) is 0 Å². The van der Waals surface area contributed by atoms with E-state index < -0.39 is 24.5 Å². The van der Waals surface area contributed by atoms with E-state index in [9.17, 15) is 9.90 Å². The highest BCUT2D eigenvalue weighted by molar-refractivity contribution is 5.57. The monoisotopic (exact) mass is 295 g/mol. The van der Waals surface area contributed by atoms with Gasteiger partial charge >= 0.3 is 0 Å². The minimum absolute atomic E-state index is 0.139. The number of rotatable bonds is 6. The number of carbonyl (C=O) groups is 1. The van der Waals surface area contributed by atoms with Gasteiger partial charge in [-0.15, -0.1) is 0 Å². The molecule has 0 aromatic heterocycles. The molecule has 1 aromatic rings. The number of ether oxygens (including phenoxy) is 2. The molecule has 4 N–H and O–H groups in total. The van der Waals surface area contributed by atoms with Crippen molar-refractivity contribution >= 4 is 6.29 Å². The number of nitrogens with two attached hydrogens (primary N) is 1.